The van der Waals surface area contributed by atoms with Crippen LogP contribution in [-0.2, 0) is 31.2 Å². The summed E-state index contributed by atoms with van der Waals surface area (Å²) in [7, 11) is 1.89. The molecule has 1 aromatic heterocycles. The zero-order valence-corrected chi connectivity index (χ0v) is 17.6. The van der Waals surface area contributed by atoms with E-state index in [0.717, 1.165) is 62.0 Å². The van der Waals surface area contributed by atoms with Crippen molar-refractivity contribution < 1.29 is 4.79 Å². The Morgan fingerprint density at radius 1 is 1.14 bits per heavy atom. The molecule has 0 aliphatic carbocycles. The lowest BCUT2D eigenvalue weighted by Crippen LogP contribution is -2.49. The molecular weight excluding hydrogens is 374 g/mol. The first-order valence-corrected chi connectivity index (χ1v) is 10.4. The number of benzene rings is 1. The zero-order chi connectivity index (χ0) is 19.9. The average molecular weight is 404 g/mol. The van der Waals surface area contributed by atoms with Crippen molar-refractivity contribution in [1.82, 2.24) is 24.9 Å². The van der Waals surface area contributed by atoms with E-state index < -0.39 is 0 Å². The number of amides is 1. The molecule has 2 heterocycles. The van der Waals surface area contributed by atoms with Crippen molar-refractivity contribution in [2.45, 2.75) is 26.3 Å². The minimum absolute atomic E-state index is 0.105. The van der Waals surface area contributed by atoms with E-state index in [1.165, 1.54) is 5.56 Å². The zero-order valence-electron chi connectivity index (χ0n) is 16.8. The third-order valence-corrected chi connectivity index (χ3v) is 5.75. The number of aromatic nitrogens is 2. The van der Waals surface area contributed by atoms with Gasteiger partial charge in [0.05, 0.1) is 12.2 Å². The number of halogens is 1. The standard InChI is InChI=1S/C21H30ClN5O/c1-3-19-18(21(22)25(2)24-19)15-26-11-13-27(14-12-26)16-20(28)23-10-9-17-7-5-4-6-8-17/h4-8H,3,9-16H2,1-2H3,(H,23,28). The smallest absolute Gasteiger partial charge is 0.234 e. The van der Waals surface area contributed by atoms with Crippen LogP contribution in [0.3, 0.4) is 0 Å². The van der Waals surface area contributed by atoms with Crippen LogP contribution >= 0.6 is 11.6 Å². The highest BCUT2D eigenvalue weighted by atomic mass is 35.5. The van der Waals surface area contributed by atoms with Crippen molar-refractivity contribution in [3.05, 3.63) is 52.3 Å². The van der Waals surface area contributed by atoms with Gasteiger partial charge in [0.25, 0.3) is 0 Å². The fourth-order valence-corrected chi connectivity index (χ4v) is 3.83. The lowest BCUT2D eigenvalue weighted by molar-refractivity contribution is -0.122. The van der Waals surface area contributed by atoms with E-state index in [4.69, 9.17) is 11.6 Å². The fourth-order valence-electron chi connectivity index (χ4n) is 3.62. The largest absolute Gasteiger partial charge is 0.355 e. The fraction of sp³-hybridized carbons (Fsp3) is 0.524. The summed E-state index contributed by atoms with van der Waals surface area (Å²) in [5.41, 5.74) is 3.46. The predicted molar refractivity (Wildman–Crippen MR) is 112 cm³/mol. The number of aryl methyl sites for hydroxylation is 2. The van der Waals surface area contributed by atoms with E-state index in [9.17, 15) is 4.79 Å². The van der Waals surface area contributed by atoms with Gasteiger partial charge in [-0.15, -0.1) is 0 Å². The first kappa shape index (κ1) is 20.8. The Balaban J connectivity index is 1.39. The summed E-state index contributed by atoms with van der Waals surface area (Å²) in [6, 6.07) is 10.2. The summed E-state index contributed by atoms with van der Waals surface area (Å²) in [6.07, 6.45) is 1.75. The van der Waals surface area contributed by atoms with Gasteiger partial charge in [0, 0.05) is 51.9 Å². The Morgan fingerprint density at radius 2 is 1.82 bits per heavy atom. The van der Waals surface area contributed by atoms with Gasteiger partial charge in [-0.25, -0.2) is 0 Å². The highest BCUT2D eigenvalue weighted by molar-refractivity contribution is 6.30. The number of carbonyl (C=O) groups is 1. The van der Waals surface area contributed by atoms with Crippen LogP contribution in [-0.4, -0.2) is 64.8 Å². The lowest BCUT2D eigenvalue weighted by Gasteiger charge is -2.34. The van der Waals surface area contributed by atoms with Crippen molar-refractivity contribution in [1.29, 1.82) is 0 Å². The number of hydrogen-bond acceptors (Lipinski definition) is 4. The van der Waals surface area contributed by atoms with Crippen molar-refractivity contribution in [3.8, 4) is 0 Å². The molecule has 1 aromatic carbocycles. The maximum Gasteiger partial charge on any atom is 0.234 e. The Bertz CT molecular complexity index is 769. The second-order valence-corrected chi connectivity index (χ2v) is 7.69. The minimum Gasteiger partial charge on any atom is -0.355 e. The first-order valence-electron chi connectivity index (χ1n) is 10.0. The van der Waals surface area contributed by atoms with Crippen LogP contribution in [0.5, 0.6) is 0 Å². The first-order chi connectivity index (χ1) is 13.6. The van der Waals surface area contributed by atoms with Crippen molar-refractivity contribution in [2.75, 3.05) is 39.3 Å². The molecule has 1 aliphatic heterocycles. The molecule has 1 fully saturated rings. The summed E-state index contributed by atoms with van der Waals surface area (Å²) >= 11 is 6.41. The summed E-state index contributed by atoms with van der Waals surface area (Å²) in [5.74, 6) is 0.105. The van der Waals surface area contributed by atoms with Gasteiger partial charge >= 0.3 is 0 Å². The van der Waals surface area contributed by atoms with Crippen molar-refractivity contribution in [3.63, 3.8) is 0 Å². The molecule has 0 spiro atoms. The molecule has 6 nitrogen and oxygen atoms in total. The molecule has 0 unspecified atom stereocenters. The van der Waals surface area contributed by atoms with E-state index in [1.807, 2.05) is 25.2 Å². The monoisotopic (exact) mass is 403 g/mol. The van der Waals surface area contributed by atoms with Gasteiger partial charge in [0.2, 0.25) is 5.91 Å². The van der Waals surface area contributed by atoms with Gasteiger partial charge in [0.15, 0.2) is 0 Å². The molecule has 7 heteroatoms. The molecule has 0 saturated carbocycles. The summed E-state index contributed by atoms with van der Waals surface area (Å²) in [6.45, 7) is 7.75. The van der Waals surface area contributed by atoms with E-state index in [2.05, 4.69) is 39.3 Å². The van der Waals surface area contributed by atoms with E-state index in [0.29, 0.717) is 13.1 Å². The molecule has 1 aliphatic rings. The number of carbonyl (C=O) groups excluding carboxylic acids is 1. The SMILES string of the molecule is CCc1nn(C)c(Cl)c1CN1CCN(CC(=O)NCCc2ccccc2)CC1. The second kappa shape index (κ2) is 10.0. The van der Waals surface area contributed by atoms with Crippen molar-refractivity contribution >= 4 is 17.5 Å². The molecule has 1 saturated heterocycles. The maximum atomic E-state index is 12.2. The highest BCUT2D eigenvalue weighted by Crippen LogP contribution is 2.22. The van der Waals surface area contributed by atoms with Gasteiger partial charge in [-0.2, -0.15) is 5.10 Å². The molecule has 1 N–H and O–H groups in total. The normalized spacial score (nSPS) is 15.7. The van der Waals surface area contributed by atoms with Gasteiger partial charge in [-0.05, 0) is 18.4 Å². The molecule has 2 aromatic rings. The Morgan fingerprint density at radius 3 is 2.50 bits per heavy atom. The van der Waals surface area contributed by atoms with E-state index in [-0.39, 0.29) is 5.91 Å². The number of nitrogens with zero attached hydrogens (tertiary/aromatic N) is 4. The number of nitrogens with one attached hydrogen (secondary N) is 1. The molecule has 152 valence electrons. The minimum atomic E-state index is 0.105. The van der Waals surface area contributed by atoms with Crippen LogP contribution in [0.2, 0.25) is 5.15 Å². The van der Waals surface area contributed by atoms with E-state index in [1.54, 1.807) is 4.68 Å². The predicted octanol–water partition coefficient (Wildman–Crippen LogP) is 2.11. The molecule has 0 radical (unpaired) electrons. The van der Waals surface area contributed by atoms with Gasteiger partial charge < -0.3 is 5.32 Å². The molecule has 1 amide bonds. The molecular formula is C21H30ClN5O. The van der Waals surface area contributed by atoms with Gasteiger partial charge in [-0.1, -0.05) is 48.9 Å². The molecule has 3 rings (SSSR count). The topological polar surface area (TPSA) is 53.4 Å². The average Bonchev–Trinajstić information content (AvgIpc) is 2.98. The van der Waals surface area contributed by atoms with Crippen LogP contribution in [0.25, 0.3) is 0 Å². The third kappa shape index (κ3) is 5.56. The van der Waals surface area contributed by atoms with Crippen LogP contribution in [0.1, 0.15) is 23.7 Å². The summed E-state index contributed by atoms with van der Waals surface area (Å²) in [5, 5.41) is 8.26. The maximum absolute atomic E-state index is 12.2. The Labute approximate surface area is 172 Å². The van der Waals surface area contributed by atoms with Gasteiger partial charge in [-0.3, -0.25) is 19.3 Å². The number of piperazine rings is 1. The summed E-state index contributed by atoms with van der Waals surface area (Å²) < 4.78 is 1.76. The lowest BCUT2D eigenvalue weighted by atomic mass is 10.1. The van der Waals surface area contributed by atoms with Crippen molar-refractivity contribution in [2.24, 2.45) is 7.05 Å². The third-order valence-electron chi connectivity index (χ3n) is 5.28. The second-order valence-electron chi connectivity index (χ2n) is 7.33. The Hall–Kier alpha value is -1.89. The molecule has 0 atom stereocenters. The number of hydrogen-bond donors (Lipinski definition) is 1. The Kier molecular flexibility index (Phi) is 7.48. The van der Waals surface area contributed by atoms with Gasteiger partial charge in [0.1, 0.15) is 5.15 Å². The molecule has 28 heavy (non-hydrogen) atoms. The highest BCUT2D eigenvalue weighted by Gasteiger charge is 2.22. The van der Waals surface area contributed by atoms with Crippen LogP contribution in [0.4, 0.5) is 0 Å². The summed E-state index contributed by atoms with van der Waals surface area (Å²) in [4.78, 5) is 16.8. The number of rotatable bonds is 8. The quantitative estimate of drug-likeness (QED) is 0.733. The molecule has 0 bridgehead atoms. The van der Waals surface area contributed by atoms with E-state index >= 15 is 0 Å². The van der Waals surface area contributed by atoms with Crippen LogP contribution in [0.15, 0.2) is 30.3 Å². The van der Waals surface area contributed by atoms with Crippen LogP contribution < -0.4 is 5.32 Å². The van der Waals surface area contributed by atoms with Crippen LogP contribution in [0, 0.1) is 0 Å².